The van der Waals surface area contributed by atoms with Crippen LogP contribution in [0.4, 0.5) is 0 Å². The second-order valence-electron chi connectivity index (χ2n) is 4.50. The zero-order valence-corrected chi connectivity index (χ0v) is 9.98. The summed E-state index contributed by atoms with van der Waals surface area (Å²) in [5.74, 6) is 0.106. The predicted molar refractivity (Wildman–Crippen MR) is 58.1 cm³/mol. The molecule has 92 valence electrons. The lowest BCUT2D eigenvalue weighted by molar-refractivity contribution is -0.181. The lowest BCUT2D eigenvalue weighted by Gasteiger charge is -2.25. The van der Waals surface area contributed by atoms with Crippen molar-refractivity contribution < 1.29 is 19.0 Å². The van der Waals surface area contributed by atoms with Crippen LogP contribution in [0.25, 0.3) is 0 Å². The Labute approximate surface area is 96.2 Å². The largest absolute Gasteiger partial charge is 0.356 e. The summed E-state index contributed by atoms with van der Waals surface area (Å²) in [5.41, 5.74) is 0. The monoisotopic (exact) mass is 228 g/mol. The summed E-state index contributed by atoms with van der Waals surface area (Å²) in [7, 11) is 1.59. The Balaban J connectivity index is 1.77. The van der Waals surface area contributed by atoms with Gasteiger partial charge in [-0.15, -0.1) is 0 Å². The van der Waals surface area contributed by atoms with Crippen molar-refractivity contribution >= 4 is 5.78 Å². The number of rotatable bonds is 6. The van der Waals surface area contributed by atoms with Crippen LogP contribution in [0.1, 0.15) is 39.0 Å². The van der Waals surface area contributed by atoms with Gasteiger partial charge < -0.3 is 14.2 Å². The van der Waals surface area contributed by atoms with Crippen LogP contribution in [0.5, 0.6) is 0 Å². The minimum atomic E-state index is -0.348. The first-order valence-corrected chi connectivity index (χ1v) is 6.15. The van der Waals surface area contributed by atoms with Gasteiger partial charge in [-0.3, -0.25) is 4.79 Å². The lowest BCUT2D eigenvalue weighted by Crippen LogP contribution is -2.42. The molecule has 2 heterocycles. The lowest BCUT2D eigenvalue weighted by atomic mass is 10.0. The highest BCUT2D eigenvalue weighted by atomic mass is 16.7. The molecule has 0 saturated carbocycles. The number of carbonyl (C=O) groups is 1. The van der Waals surface area contributed by atoms with E-state index in [-0.39, 0.29) is 30.4 Å². The summed E-state index contributed by atoms with van der Waals surface area (Å²) < 4.78 is 16.0. The Bertz CT molecular complexity index is 253. The third-order valence-corrected chi connectivity index (χ3v) is 3.24. The molecule has 4 unspecified atom stereocenters. The first-order valence-electron chi connectivity index (χ1n) is 6.15. The summed E-state index contributed by atoms with van der Waals surface area (Å²) in [6.07, 6.45) is 4.36. The SMILES string of the molecule is CCCCCCC1OC(OC)C2OC2C1=O. The van der Waals surface area contributed by atoms with Crippen molar-refractivity contribution in [3.8, 4) is 0 Å². The highest BCUT2D eigenvalue weighted by Crippen LogP contribution is 2.36. The highest BCUT2D eigenvalue weighted by molar-refractivity contribution is 5.90. The van der Waals surface area contributed by atoms with Crippen LogP contribution in [-0.2, 0) is 19.0 Å². The number of epoxide rings is 1. The highest BCUT2D eigenvalue weighted by Gasteiger charge is 2.57. The van der Waals surface area contributed by atoms with Crippen molar-refractivity contribution in [2.45, 2.75) is 63.6 Å². The van der Waals surface area contributed by atoms with Crippen LogP contribution in [0.3, 0.4) is 0 Å². The maximum absolute atomic E-state index is 11.8. The fourth-order valence-corrected chi connectivity index (χ4v) is 2.21. The Morgan fingerprint density at radius 2 is 2.06 bits per heavy atom. The average molecular weight is 228 g/mol. The molecular formula is C12H20O4. The number of fused-ring (bicyclic) bond motifs is 1. The van der Waals surface area contributed by atoms with E-state index in [0.717, 1.165) is 19.3 Å². The fraction of sp³-hybridized carbons (Fsp3) is 0.917. The molecule has 0 aromatic carbocycles. The van der Waals surface area contributed by atoms with Gasteiger partial charge in [0.05, 0.1) is 0 Å². The van der Waals surface area contributed by atoms with E-state index in [1.807, 2.05) is 0 Å². The Hall–Kier alpha value is -0.450. The second-order valence-corrected chi connectivity index (χ2v) is 4.50. The molecule has 2 saturated heterocycles. The summed E-state index contributed by atoms with van der Waals surface area (Å²) in [5, 5.41) is 0. The van der Waals surface area contributed by atoms with Crippen molar-refractivity contribution in [1.82, 2.24) is 0 Å². The fourth-order valence-electron chi connectivity index (χ4n) is 2.21. The predicted octanol–water partition coefficient (Wildman–Crippen LogP) is 1.66. The summed E-state index contributed by atoms with van der Waals surface area (Å²) in [6.45, 7) is 2.17. The number of unbranched alkanes of at least 4 members (excludes halogenated alkanes) is 3. The van der Waals surface area contributed by atoms with Crippen molar-refractivity contribution in [2.24, 2.45) is 0 Å². The molecule has 4 atom stereocenters. The summed E-state index contributed by atoms with van der Waals surface area (Å²) in [4.78, 5) is 11.8. The van der Waals surface area contributed by atoms with Gasteiger partial charge in [-0.25, -0.2) is 0 Å². The van der Waals surface area contributed by atoms with Crippen molar-refractivity contribution in [3.05, 3.63) is 0 Å². The second kappa shape index (κ2) is 5.25. The molecule has 0 aliphatic carbocycles. The van der Waals surface area contributed by atoms with Crippen molar-refractivity contribution in [2.75, 3.05) is 7.11 Å². The van der Waals surface area contributed by atoms with Crippen LogP contribution in [0, 0.1) is 0 Å². The number of ketones is 1. The Kier molecular flexibility index (Phi) is 3.95. The molecule has 4 nitrogen and oxygen atoms in total. The van der Waals surface area contributed by atoms with Gasteiger partial charge in [0.1, 0.15) is 12.2 Å². The normalized spacial score (nSPS) is 37.2. The smallest absolute Gasteiger partial charge is 0.193 e. The first kappa shape index (κ1) is 12.0. The van der Waals surface area contributed by atoms with Crippen LogP contribution >= 0.6 is 0 Å². The minimum absolute atomic E-state index is 0.106. The molecule has 0 aromatic heterocycles. The molecule has 0 aromatic rings. The van der Waals surface area contributed by atoms with Crippen LogP contribution in [0.2, 0.25) is 0 Å². The number of hydrogen-bond acceptors (Lipinski definition) is 4. The molecule has 0 radical (unpaired) electrons. The molecule has 0 spiro atoms. The van der Waals surface area contributed by atoms with Crippen LogP contribution < -0.4 is 0 Å². The molecule has 0 N–H and O–H groups in total. The van der Waals surface area contributed by atoms with E-state index >= 15 is 0 Å². The maximum atomic E-state index is 11.8. The quantitative estimate of drug-likeness (QED) is 0.512. The van der Waals surface area contributed by atoms with E-state index in [9.17, 15) is 4.79 Å². The minimum Gasteiger partial charge on any atom is -0.356 e. The molecule has 4 heteroatoms. The number of ether oxygens (including phenoxy) is 3. The summed E-state index contributed by atoms with van der Waals surface area (Å²) >= 11 is 0. The van der Waals surface area contributed by atoms with Gasteiger partial charge in [-0.05, 0) is 6.42 Å². The van der Waals surface area contributed by atoms with Gasteiger partial charge in [0.25, 0.3) is 0 Å². The van der Waals surface area contributed by atoms with E-state index in [1.165, 1.54) is 12.8 Å². The molecular weight excluding hydrogens is 208 g/mol. The number of carbonyl (C=O) groups excluding carboxylic acids is 1. The maximum Gasteiger partial charge on any atom is 0.193 e. The number of hydrogen-bond donors (Lipinski definition) is 0. The Morgan fingerprint density at radius 1 is 1.25 bits per heavy atom. The molecule has 2 rings (SSSR count). The molecule has 0 bridgehead atoms. The molecule has 0 amide bonds. The molecule has 2 aliphatic heterocycles. The van der Waals surface area contributed by atoms with Gasteiger partial charge in [0, 0.05) is 7.11 Å². The topological polar surface area (TPSA) is 48.1 Å². The molecule has 16 heavy (non-hydrogen) atoms. The standard InChI is InChI=1S/C12H20O4/c1-3-4-5-6-7-8-9(13)10-11(16-10)12(14-2)15-8/h8,10-12H,3-7H2,1-2H3. The molecule has 2 fully saturated rings. The van der Waals surface area contributed by atoms with Gasteiger partial charge in [0.2, 0.25) is 0 Å². The van der Waals surface area contributed by atoms with Gasteiger partial charge in [0.15, 0.2) is 18.2 Å². The van der Waals surface area contributed by atoms with Crippen LogP contribution in [-0.4, -0.2) is 37.5 Å². The third kappa shape index (κ3) is 2.44. The van der Waals surface area contributed by atoms with Gasteiger partial charge in [-0.1, -0.05) is 32.6 Å². The number of methoxy groups -OCH3 is 1. The van der Waals surface area contributed by atoms with Gasteiger partial charge in [-0.2, -0.15) is 0 Å². The Morgan fingerprint density at radius 3 is 2.75 bits per heavy atom. The van der Waals surface area contributed by atoms with E-state index in [4.69, 9.17) is 14.2 Å². The van der Waals surface area contributed by atoms with E-state index in [2.05, 4.69) is 6.92 Å². The van der Waals surface area contributed by atoms with E-state index in [1.54, 1.807) is 7.11 Å². The van der Waals surface area contributed by atoms with E-state index < -0.39 is 0 Å². The van der Waals surface area contributed by atoms with Crippen molar-refractivity contribution in [1.29, 1.82) is 0 Å². The van der Waals surface area contributed by atoms with E-state index in [0.29, 0.717) is 0 Å². The van der Waals surface area contributed by atoms with Crippen LogP contribution in [0.15, 0.2) is 0 Å². The summed E-state index contributed by atoms with van der Waals surface area (Å²) in [6, 6.07) is 0. The van der Waals surface area contributed by atoms with Gasteiger partial charge >= 0.3 is 0 Å². The number of Topliss-reactive ketones (excluding diaryl/α,β-unsaturated/α-hetero) is 1. The zero-order valence-electron chi connectivity index (χ0n) is 9.98. The third-order valence-electron chi connectivity index (χ3n) is 3.24. The zero-order chi connectivity index (χ0) is 11.5. The van der Waals surface area contributed by atoms with Crippen molar-refractivity contribution in [3.63, 3.8) is 0 Å². The average Bonchev–Trinajstić information content (AvgIpc) is 3.07. The molecule has 2 aliphatic rings. The first-order chi connectivity index (χ1) is 7.77.